The van der Waals surface area contributed by atoms with Gasteiger partial charge in [-0.25, -0.2) is 0 Å². The molecule has 0 radical (unpaired) electrons. The third kappa shape index (κ3) is 3.04. The average Bonchev–Trinajstić information content (AvgIpc) is 3.22. The van der Waals surface area contributed by atoms with Crippen molar-refractivity contribution in [1.29, 1.82) is 0 Å². The van der Waals surface area contributed by atoms with Crippen molar-refractivity contribution in [2.45, 2.75) is 51.6 Å². The number of fused-ring (bicyclic) bond motifs is 2. The SMILES string of the molecule is CC.O=C1NC2(CCCCC2)n2c1c(Cl)cc(Nc1nncs1)c2=O. The van der Waals surface area contributed by atoms with Crippen molar-refractivity contribution < 1.29 is 4.79 Å². The van der Waals surface area contributed by atoms with Gasteiger partial charge >= 0.3 is 0 Å². The molecular formula is C16H20ClN5O2S. The number of anilines is 2. The monoisotopic (exact) mass is 381 g/mol. The fraction of sp³-hybridized carbons (Fsp3) is 0.500. The smallest absolute Gasteiger partial charge is 0.276 e. The summed E-state index contributed by atoms with van der Waals surface area (Å²) in [5.41, 5.74) is 1.21. The van der Waals surface area contributed by atoms with Gasteiger partial charge in [-0.05, 0) is 31.7 Å². The predicted octanol–water partition coefficient (Wildman–Crippen LogP) is 3.48. The van der Waals surface area contributed by atoms with E-state index in [1.54, 1.807) is 10.1 Å². The van der Waals surface area contributed by atoms with Crippen molar-refractivity contribution in [2.24, 2.45) is 0 Å². The highest BCUT2D eigenvalue weighted by atomic mass is 35.5. The van der Waals surface area contributed by atoms with Gasteiger partial charge < -0.3 is 10.6 Å². The van der Waals surface area contributed by atoms with Gasteiger partial charge in [-0.1, -0.05) is 43.2 Å². The molecule has 0 atom stereocenters. The molecule has 0 aromatic carbocycles. The lowest BCUT2D eigenvalue weighted by Gasteiger charge is -2.35. The van der Waals surface area contributed by atoms with Crippen molar-refractivity contribution in [3.63, 3.8) is 0 Å². The van der Waals surface area contributed by atoms with Crippen molar-refractivity contribution in [2.75, 3.05) is 5.32 Å². The van der Waals surface area contributed by atoms with E-state index in [-0.39, 0.29) is 22.2 Å². The summed E-state index contributed by atoms with van der Waals surface area (Å²) in [5, 5.41) is 14.3. The van der Waals surface area contributed by atoms with Crippen LogP contribution in [0.5, 0.6) is 0 Å². The molecule has 1 spiro atoms. The van der Waals surface area contributed by atoms with Crippen LogP contribution >= 0.6 is 22.9 Å². The van der Waals surface area contributed by atoms with Crippen molar-refractivity contribution in [3.05, 3.63) is 32.6 Å². The van der Waals surface area contributed by atoms with Gasteiger partial charge in [0.1, 0.15) is 22.6 Å². The first-order valence-electron chi connectivity index (χ1n) is 8.42. The highest BCUT2D eigenvalue weighted by Gasteiger charge is 2.45. The van der Waals surface area contributed by atoms with Crippen LogP contribution in [-0.2, 0) is 5.66 Å². The zero-order valence-corrected chi connectivity index (χ0v) is 15.7. The highest BCUT2D eigenvalue weighted by molar-refractivity contribution is 7.13. The van der Waals surface area contributed by atoms with Crippen molar-refractivity contribution >= 4 is 39.7 Å². The van der Waals surface area contributed by atoms with Crippen LogP contribution < -0.4 is 16.2 Å². The van der Waals surface area contributed by atoms with E-state index in [0.717, 1.165) is 32.1 Å². The third-order valence-corrected chi connectivity index (χ3v) is 5.32. The number of halogens is 1. The number of nitrogens with one attached hydrogen (secondary N) is 2. The number of aromatic nitrogens is 3. The fourth-order valence-corrected chi connectivity index (χ4v) is 4.18. The number of pyridine rings is 1. The molecule has 1 aliphatic carbocycles. The topological polar surface area (TPSA) is 88.9 Å². The first-order valence-corrected chi connectivity index (χ1v) is 9.68. The Morgan fingerprint density at radius 3 is 2.64 bits per heavy atom. The van der Waals surface area contributed by atoms with Crippen LogP contribution in [0.2, 0.25) is 5.02 Å². The Balaban J connectivity index is 0.000000880. The normalized spacial score (nSPS) is 17.5. The molecule has 1 fully saturated rings. The Bertz CT molecular complexity index is 828. The molecule has 1 amide bonds. The first kappa shape index (κ1) is 17.9. The second kappa shape index (κ2) is 7.13. The van der Waals surface area contributed by atoms with E-state index in [0.29, 0.717) is 10.8 Å². The number of carbonyl (C=O) groups excluding carboxylic acids is 1. The number of rotatable bonds is 2. The molecule has 2 aromatic heterocycles. The molecule has 2 aromatic rings. The van der Waals surface area contributed by atoms with E-state index in [9.17, 15) is 9.59 Å². The summed E-state index contributed by atoms with van der Waals surface area (Å²) in [6, 6.07) is 1.48. The molecule has 134 valence electrons. The van der Waals surface area contributed by atoms with Gasteiger partial charge in [-0.3, -0.25) is 14.2 Å². The Hall–Kier alpha value is -1.93. The molecule has 0 bridgehead atoms. The number of nitrogens with zero attached hydrogens (tertiary/aromatic N) is 3. The van der Waals surface area contributed by atoms with Crippen LogP contribution in [0, 0.1) is 0 Å². The molecule has 9 heteroatoms. The maximum atomic E-state index is 13.0. The minimum atomic E-state index is -0.649. The first-order chi connectivity index (χ1) is 12.1. The molecule has 1 saturated carbocycles. The standard InChI is InChI=1S/C14H14ClN5O2S.C2H6/c15-8-6-9(17-13-19-16-7-23-13)12(22)20-10(8)11(21)18-14(20)4-2-1-3-5-14;1-2/h6-7H,1-5H2,(H,17,19)(H,18,21);1-2H3. The molecule has 4 rings (SSSR count). The Morgan fingerprint density at radius 2 is 2.00 bits per heavy atom. The van der Waals surface area contributed by atoms with E-state index in [1.165, 1.54) is 17.4 Å². The largest absolute Gasteiger partial charge is 0.327 e. The molecular weight excluding hydrogens is 362 g/mol. The Labute approximate surface area is 154 Å². The Morgan fingerprint density at radius 1 is 1.28 bits per heavy atom. The minimum absolute atomic E-state index is 0.251. The van der Waals surface area contributed by atoms with Gasteiger partial charge in [0.25, 0.3) is 11.5 Å². The molecule has 3 heterocycles. The predicted molar refractivity (Wildman–Crippen MR) is 98.8 cm³/mol. The average molecular weight is 382 g/mol. The highest BCUT2D eigenvalue weighted by Crippen LogP contribution is 2.38. The second-order valence-corrected chi connectivity index (χ2v) is 7.05. The van der Waals surface area contributed by atoms with E-state index in [2.05, 4.69) is 20.8 Å². The summed E-state index contributed by atoms with van der Waals surface area (Å²) in [6.45, 7) is 4.00. The van der Waals surface area contributed by atoms with Gasteiger partial charge in [0, 0.05) is 0 Å². The van der Waals surface area contributed by atoms with Crippen molar-refractivity contribution in [1.82, 2.24) is 20.1 Å². The number of carbonyl (C=O) groups is 1. The van der Waals surface area contributed by atoms with Crippen molar-refractivity contribution in [3.8, 4) is 0 Å². The lowest BCUT2D eigenvalue weighted by Crippen LogP contribution is -2.48. The van der Waals surface area contributed by atoms with E-state index in [1.807, 2.05) is 13.8 Å². The third-order valence-electron chi connectivity index (χ3n) is 4.43. The molecule has 2 N–H and O–H groups in total. The van der Waals surface area contributed by atoms with Gasteiger partial charge in [-0.2, -0.15) is 0 Å². The Kier molecular flexibility index (Phi) is 5.10. The van der Waals surface area contributed by atoms with Crippen LogP contribution in [0.1, 0.15) is 56.4 Å². The summed E-state index contributed by atoms with van der Waals surface area (Å²) in [6.07, 6.45) is 4.53. The van der Waals surface area contributed by atoms with Crippen LogP contribution in [-0.4, -0.2) is 20.7 Å². The zero-order valence-electron chi connectivity index (χ0n) is 14.1. The fourth-order valence-electron chi connectivity index (χ4n) is 3.45. The number of hydrogen-bond acceptors (Lipinski definition) is 6. The molecule has 1 aliphatic heterocycles. The number of hydrogen-bond donors (Lipinski definition) is 2. The van der Waals surface area contributed by atoms with Crippen LogP contribution in [0.15, 0.2) is 16.4 Å². The van der Waals surface area contributed by atoms with Crippen LogP contribution in [0.25, 0.3) is 0 Å². The van der Waals surface area contributed by atoms with E-state index >= 15 is 0 Å². The molecule has 7 nitrogen and oxygen atoms in total. The molecule has 25 heavy (non-hydrogen) atoms. The second-order valence-electron chi connectivity index (χ2n) is 5.81. The quantitative estimate of drug-likeness (QED) is 0.831. The van der Waals surface area contributed by atoms with Gasteiger partial charge in [0.15, 0.2) is 0 Å². The van der Waals surface area contributed by atoms with E-state index < -0.39 is 5.66 Å². The van der Waals surface area contributed by atoms with Gasteiger partial charge in [0.2, 0.25) is 5.13 Å². The van der Waals surface area contributed by atoms with Gasteiger partial charge in [-0.15, -0.1) is 10.2 Å². The van der Waals surface area contributed by atoms with Crippen LogP contribution in [0.3, 0.4) is 0 Å². The summed E-state index contributed by atoms with van der Waals surface area (Å²) >= 11 is 7.58. The molecule has 2 aliphatic rings. The van der Waals surface area contributed by atoms with Crippen LogP contribution in [0.4, 0.5) is 10.8 Å². The lowest BCUT2D eigenvalue weighted by atomic mass is 9.89. The summed E-state index contributed by atoms with van der Waals surface area (Å²) in [7, 11) is 0. The number of amides is 1. The summed E-state index contributed by atoms with van der Waals surface area (Å²) in [5.74, 6) is -0.281. The van der Waals surface area contributed by atoms with E-state index in [4.69, 9.17) is 11.6 Å². The molecule has 0 saturated heterocycles. The summed E-state index contributed by atoms with van der Waals surface area (Å²) in [4.78, 5) is 25.3. The maximum absolute atomic E-state index is 13.0. The zero-order chi connectivity index (χ0) is 18.0. The maximum Gasteiger partial charge on any atom is 0.276 e. The molecule has 0 unspecified atom stereocenters. The lowest BCUT2D eigenvalue weighted by molar-refractivity contribution is 0.0877. The minimum Gasteiger partial charge on any atom is -0.327 e. The van der Waals surface area contributed by atoms with Gasteiger partial charge in [0.05, 0.1) is 5.02 Å². The summed E-state index contributed by atoms with van der Waals surface area (Å²) < 4.78 is 1.54.